The van der Waals surface area contributed by atoms with Crippen molar-refractivity contribution < 1.29 is 23.8 Å². The molecule has 194 valence electrons. The molecule has 0 fully saturated rings. The predicted octanol–water partition coefficient (Wildman–Crippen LogP) is 5.74. The molecule has 2 amide bonds. The maximum Gasteiger partial charge on any atom is 0.257 e. The summed E-state index contributed by atoms with van der Waals surface area (Å²) in [6.45, 7) is 0.308. The summed E-state index contributed by atoms with van der Waals surface area (Å²) in [7, 11) is 4.69. The lowest BCUT2D eigenvalue weighted by molar-refractivity contribution is -0.118. The van der Waals surface area contributed by atoms with Gasteiger partial charge in [-0.3, -0.25) is 9.59 Å². The molecule has 0 saturated heterocycles. The van der Waals surface area contributed by atoms with Crippen LogP contribution in [0.15, 0.2) is 97.1 Å². The maximum absolute atomic E-state index is 13.7. The molecule has 38 heavy (non-hydrogen) atoms. The van der Waals surface area contributed by atoms with Gasteiger partial charge in [-0.25, -0.2) is 0 Å². The van der Waals surface area contributed by atoms with E-state index in [0.29, 0.717) is 35.0 Å². The lowest BCUT2D eigenvalue weighted by Gasteiger charge is -2.25. The van der Waals surface area contributed by atoms with Crippen LogP contribution < -0.4 is 24.4 Å². The Balaban J connectivity index is 1.68. The van der Waals surface area contributed by atoms with E-state index in [1.165, 1.54) is 7.11 Å². The highest BCUT2D eigenvalue weighted by atomic mass is 16.5. The Morgan fingerprint density at radius 2 is 1.37 bits per heavy atom. The molecule has 4 rings (SSSR count). The van der Waals surface area contributed by atoms with Gasteiger partial charge in [0.25, 0.3) is 5.91 Å². The third-order valence-corrected chi connectivity index (χ3v) is 6.09. The number of hydrogen-bond acceptors (Lipinski definition) is 5. The average Bonchev–Trinajstić information content (AvgIpc) is 2.96. The second kappa shape index (κ2) is 12.5. The van der Waals surface area contributed by atoms with Gasteiger partial charge in [-0.05, 0) is 47.5 Å². The first kappa shape index (κ1) is 26.3. The van der Waals surface area contributed by atoms with Gasteiger partial charge in [0, 0.05) is 6.07 Å². The van der Waals surface area contributed by atoms with Crippen LogP contribution in [0.3, 0.4) is 0 Å². The molecule has 0 spiro atoms. The molecule has 0 aromatic heterocycles. The Labute approximate surface area is 222 Å². The number of benzene rings is 4. The molecule has 7 heteroatoms. The summed E-state index contributed by atoms with van der Waals surface area (Å²) < 4.78 is 16.0. The minimum atomic E-state index is -0.373. The monoisotopic (exact) mass is 510 g/mol. The van der Waals surface area contributed by atoms with Gasteiger partial charge in [0.05, 0.1) is 51.2 Å². The molecular formula is C31H30N2O5. The zero-order valence-electron chi connectivity index (χ0n) is 21.6. The van der Waals surface area contributed by atoms with Crippen molar-refractivity contribution in [2.24, 2.45) is 0 Å². The molecule has 1 N–H and O–H groups in total. The highest BCUT2D eigenvalue weighted by Crippen LogP contribution is 2.31. The number of carbonyl (C=O) groups is 2. The van der Waals surface area contributed by atoms with Crippen LogP contribution in [0, 0.1) is 0 Å². The van der Waals surface area contributed by atoms with Crippen molar-refractivity contribution in [2.45, 2.75) is 13.0 Å². The van der Waals surface area contributed by atoms with Gasteiger partial charge in [-0.1, -0.05) is 54.6 Å². The number of rotatable bonds is 10. The fraction of sp³-hybridized carbons (Fsp3) is 0.161. The van der Waals surface area contributed by atoms with Gasteiger partial charge < -0.3 is 24.4 Å². The number of carbonyl (C=O) groups excluding carboxylic acids is 2. The van der Waals surface area contributed by atoms with E-state index in [2.05, 4.69) is 5.32 Å². The molecule has 0 aliphatic rings. The normalized spacial score (nSPS) is 10.4. The van der Waals surface area contributed by atoms with E-state index < -0.39 is 0 Å². The summed E-state index contributed by atoms with van der Waals surface area (Å²) >= 11 is 0. The lowest BCUT2D eigenvalue weighted by Crippen LogP contribution is -2.33. The average molecular weight is 511 g/mol. The first-order chi connectivity index (χ1) is 18.5. The number of hydrogen-bond donors (Lipinski definition) is 1. The predicted molar refractivity (Wildman–Crippen MR) is 148 cm³/mol. The molecule has 0 heterocycles. The largest absolute Gasteiger partial charge is 0.497 e. The van der Waals surface area contributed by atoms with Gasteiger partial charge in [0.1, 0.15) is 17.2 Å². The summed E-state index contributed by atoms with van der Waals surface area (Å²) in [6, 6.07) is 29.3. The van der Waals surface area contributed by atoms with E-state index >= 15 is 0 Å². The molecule has 0 unspecified atom stereocenters. The molecule has 0 saturated carbocycles. The van der Waals surface area contributed by atoms with Crippen molar-refractivity contribution in [3.05, 3.63) is 114 Å². The van der Waals surface area contributed by atoms with E-state index in [-0.39, 0.29) is 18.2 Å². The summed E-state index contributed by atoms with van der Waals surface area (Å²) in [6.07, 6.45) is 0.163. The summed E-state index contributed by atoms with van der Waals surface area (Å²) in [5.41, 5.74) is 3.12. The second-order valence-electron chi connectivity index (χ2n) is 8.53. The maximum atomic E-state index is 13.7. The zero-order valence-corrected chi connectivity index (χ0v) is 21.6. The van der Waals surface area contributed by atoms with Crippen LogP contribution in [0.5, 0.6) is 17.2 Å². The van der Waals surface area contributed by atoms with Crippen LogP contribution in [-0.4, -0.2) is 33.1 Å². The Kier molecular flexibility index (Phi) is 8.61. The highest BCUT2D eigenvalue weighted by Gasteiger charge is 2.23. The third-order valence-electron chi connectivity index (χ3n) is 6.09. The third kappa shape index (κ3) is 6.31. The number of amides is 2. The molecule has 4 aromatic rings. The van der Waals surface area contributed by atoms with E-state index in [4.69, 9.17) is 14.2 Å². The molecular weight excluding hydrogens is 480 g/mol. The number of para-hydroxylation sites is 1. The molecule has 0 bridgehead atoms. The molecule has 0 aliphatic heterocycles. The smallest absolute Gasteiger partial charge is 0.257 e. The molecule has 4 aromatic carbocycles. The van der Waals surface area contributed by atoms with Crippen LogP contribution in [0.1, 0.15) is 21.5 Å². The van der Waals surface area contributed by atoms with Crippen molar-refractivity contribution in [1.82, 2.24) is 0 Å². The van der Waals surface area contributed by atoms with Crippen molar-refractivity contribution in [3.63, 3.8) is 0 Å². The van der Waals surface area contributed by atoms with E-state index in [9.17, 15) is 9.59 Å². The number of methoxy groups -OCH3 is 3. The first-order valence-electron chi connectivity index (χ1n) is 12.1. The standard InChI is InChI=1S/C31H30N2O5/c1-36-24-15-13-22(14-16-24)19-30(34)33(21-23-9-5-4-6-10-23)28-12-8-7-11-26(28)31(35)32-27-20-25(37-2)17-18-29(27)38-3/h4-18,20H,19,21H2,1-3H3,(H,32,35). The van der Waals surface area contributed by atoms with Crippen molar-refractivity contribution in [3.8, 4) is 17.2 Å². The van der Waals surface area contributed by atoms with Crippen LogP contribution in [0.25, 0.3) is 0 Å². The van der Waals surface area contributed by atoms with E-state index in [1.807, 2.05) is 60.7 Å². The Morgan fingerprint density at radius 3 is 2.05 bits per heavy atom. The van der Waals surface area contributed by atoms with Gasteiger partial charge >= 0.3 is 0 Å². The van der Waals surface area contributed by atoms with Crippen LogP contribution in [0.2, 0.25) is 0 Å². The Morgan fingerprint density at radius 1 is 0.711 bits per heavy atom. The molecule has 0 atom stereocenters. The van der Waals surface area contributed by atoms with E-state index in [1.54, 1.807) is 55.5 Å². The minimum absolute atomic E-state index is 0.141. The highest BCUT2D eigenvalue weighted by molar-refractivity contribution is 6.11. The van der Waals surface area contributed by atoms with Crippen LogP contribution in [0.4, 0.5) is 11.4 Å². The fourth-order valence-corrected chi connectivity index (χ4v) is 4.09. The summed E-state index contributed by atoms with van der Waals surface area (Å²) in [4.78, 5) is 28.9. The van der Waals surface area contributed by atoms with Crippen LogP contribution in [-0.2, 0) is 17.8 Å². The lowest BCUT2D eigenvalue weighted by atomic mass is 10.1. The fourth-order valence-electron chi connectivity index (χ4n) is 4.09. The van der Waals surface area contributed by atoms with Gasteiger partial charge in [0.15, 0.2) is 0 Å². The van der Waals surface area contributed by atoms with Gasteiger partial charge in [-0.2, -0.15) is 0 Å². The quantitative estimate of drug-likeness (QED) is 0.294. The van der Waals surface area contributed by atoms with Gasteiger partial charge in [-0.15, -0.1) is 0 Å². The zero-order chi connectivity index (χ0) is 26.9. The number of nitrogens with zero attached hydrogens (tertiary/aromatic N) is 1. The van der Waals surface area contributed by atoms with Crippen molar-refractivity contribution in [1.29, 1.82) is 0 Å². The number of anilines is 2. The SMILES string of the molecule is COc1ccc(CC(=O)N(Cc2ccccc2)c2ccccc2C(=O)Nc2cc(OC)ccc2OC)cc1. The Bertz CT molecular complexity index is 1390. The van der Waals surface area contributed by atoms with Gasteiger partial charge in [0.2, 0.25) is 5.91 Å². The molecule has 7 nitrogen and oxygen atoms in total. The summed E-state index contributed by atoms with van der Waals surface area (Å²) in [5.74, 6) is 1.28. The Hall–Kier alpha value is -4.78. The van der Waals surface area contributed by atoms with E-state index in [0.717, 1.165) is 16.9 Å². The minimum Gasteiger partial charge on any atom is -0.497 e. The molecule has 0 radical (unpaired) electrons. The number of nitrogens with one attached hydrogen (secondary N) is 1. The van der Waals surface area contributed by atoms with Crippen molar-refractivity contribution >= 4 is 23.2 Å². The van der Waals surface area contributed by atoms with Crippen molar-refractivity contribution in [2.75, 3.05) is 31.5 Å². The number of ether oxygens (including phenoxy) is 3. The molecule has 0 aliphatic carbocycles. The topological polar surface area (TPSA) is 77.1 Å². The van der Waals surface area contributed by atoms with Crippen LogP contribution >= 0.6 is 0 Å². The second-order valence-corrected chi connectivity index (χ2v) is 8.53. The summed E-state index contributed by atoms with van der Waals surface area (Å²) in [5, 5.41) is 2.92. The first-order valence-corrected chi connectivity index (χ1v) is 12.1.